The third-order valence-corrected chi connectivity index (χ3v) is 4.81. The van der Waals surface area contributed by atoms with Gasteiger partial charge >= 0.3 is 0 Å². The quantitative estimate of drug-likeness (QED) is 0.754. The standard InChI is InChI=1S/C15H14Cl2N2O3S/c1-7-13(18-2)8(6-23-7)15(20)19-14-11(16)9(21-3)5-10(22-4)12(14)17/h5-6H,2H2,1,3-4H3,(H,19,20). The zero-order valence-electron chi connectivity index (χ0n) is 12.7. The number of nitrogens with zero attached hydrogens (tertiary/aromatic N) is 1. The number of rotatable bonds is 5. The topological polar surface area (TPSA) is 59.9 Å². The van der Waals surface area contributed by atoms with E-state index in [0.29, 0.717) is 22.7 Å². The lowest BCUT2D eigenvalue weighted by Crippen LogP contribution is -2.12. The smallest absolute Gasteiger partial charge is 0.258 e. The Labute approximate surface area is 147 Å². The predicted octanol–water partition coefficient (Wildman–Crippen LogP) is 4.96. The van der Waals surface area contributed by atoms with Crippen LogP contribution >= 0.6 is 34.5 Å². The van der Waals surface area contributed by atoms with E-state index in [9.17, 15) is 4.79 Å². The molecule has 2 aromatic rings. The van der Waals surface area contributed by atoms with E-state index in [1.807, 2.05) is 6.92 Å². The van der Waals surface area contributed by atoms with E-state index in [1.165, 1.54) is 25.6 Å². The maximum absolute atomic E-state index is 12.5. The van der Waals surface area contributed by atoms with Gasteiger partial charge < -0.3 is 14.8 Å². The number of hydrogen-bond donors (Lipinski definition) is 1. The summed E-state index contributed by atoms with van der Waals surface area (Å²) < 4.78 is 10.3. The van der Waals surface area contributed by atoms with Crippen LogP contribution in [-0.2, 0) is 0 Å². The van der Waals surface area contributed by atoms with E-state index < -0.39 is 5.91 Å². The molecule has 1 aromatic heterocycles. The first-order valence-corrected chi connectivity index (χ1v) is 8.04. The Morgan fingerprint density at radius 3 is 2.30 bits per heavy atom. The molecular formula is C15H14Cl2N2O3S. The van der Waals surface area contributed by atoms with Gasteiger partial charge in [0.05, 0.1) is 31.2 Å². The van der Waals surface area contributed by atoms with Crippen LogP contribution in [0, 0.1) is 6.92 Å². The van der Waals surface area contributed by atoms with Crippen molar-refractivity contribution in [2.24, 2.45) is 4.99 Å². The fourth-order valence-corrected chi connectivity index (χ4v) is 3.38. The molecule has 0 bridgehead atoms. The Morgan fingerprint density at radius 1 is 1.26 bits per heavy atom. The zero-order chi connectivity index (χ0) is 17.1. The van der Waals surface area contributed by atoms with Crippen molar-refractivity contribution in [1.29, 1.82) is 0 Å². The van der Waals surface area contributed by atoms with E-state index >= 15 is 0 Å². The van der Waals surface area contributed by atoms with Crippen molar-refractivity contribution in [2.45, 2.75) is 6.92 Å². The maximum atomic E-state index is 12.5. The molecule has 2 rings (SSSR count). The largest absolute Gasteiger partial charge is 0.495 e. The van der Waals surface area contributed by atoms with Gasteiger partial charge in [-0.3, -0.25) is 9.79 Å². The fraction of sp³-hybridized carbons (Fsp3) is 0.200. The first kappa shape index (κ1) is 17.6. The molecule has 5 nitrogen and oxygen atoms in total. The molecule has 0 aliphatic carbocycles. The monoisotopic (exact) mass is 372 g/mol. The number of benzene rings is 1. The number of aliphatic imine (C=N–C) groups is 1. The van der Waals surface area contributed by atoms with Crippen LogP contribution in [0.2, 0.25) is 10.0 Å². The van der Waals surface area contributed by atoms with Crippen LogP contribution in [0.4, 0.5) is 11.4 Å². The molecule has 1 heterocycles. The van der Waals surface area contributed by atoms with Gasteiger partial charge in [0, 0.05) is 16.3 Å². The molecular weight excluding hydrogens is 359 g/mol. The van der Waals surface area contributed by atoms with Crippen LogP contribution in [0.5, 0.6) is 11.5 Å². The Balaban J connectivity index is 2.47. The summed E-state index contributed by atoms with van der Waals surface area (Å²) >= 11 is 13.9. The number of nitrogens with one attached hydrogen (secondary N) is 1. The second-order valence-corrected chi connectivity index (χ2v) is 6.29. The molecule has 0 atom stereocenters. The summed E-state index contributed by atoms with van der Waals surface area (Å²) in [7, 11) is 2.92. The average molecular weight is 373 g/mol. The molecule has 1 amide bonds. The van der Waals surface area contributed by atoms with Gasteiger partial charge in [0.25, 0.3) is 5.91 Å². The minimum atomic E-state index is -0.393. The minimum Gasteiger partial charge on any atom is -0.495 e. The van der Waals surface area contributed by atoms with Gasteiger partial charge in [0.15, 0.2) is 0 Å². The Morgan fingerprint density at radius 2 is 1.83 bits per heavy atom. The van der Waals surface area contributed by atoms with E-state index in [1.54, 1.807) is 11.4 Å². The lowest BCUT2D eigenvalue weighted by atomic mass is 10.2. The summed E-state index contributed by atoms with van der Waals surface area (Å²) in [4.78, 5) is 17.3. The van der Waals surface area contributed by atoms with Crippen LogP contribution < -0.4 is 14.8 Å². The molecule has 0 saturated heterocycles. The van der Waals surface area contributed by atoms with Crippen molar-refractivity contribution in [3.05, 3.63) is 31.9 Å². The number of ether oxygens (including phenoxy) is 2. The number of carbonyl (C=O) groups is 1. The van der Waals surface area contributed by atoms with Crippen molar-refractivity contribution in [1.82, 2.24) is 0 Å². The second-order valence-electron chi connectivity index (χ2n) is 4.45. The van der Waals surface area contributed by atoms with Crippen molar-refractivity contribution in [3.63, 3.8) is 0 Å². The number of hydrogen-bond acceptors (Lipinski definition) is 5. The zero-order valence-corrected chi connectivity index (χ0v) is 15.0. The van der Waals surface area contributed by atoms with Gasteiger partial charge in [-0.1, -0.05) is 23.2 Å². The number of thiophene rings is 1. The van der Waals surface area contributed by atoms with Crippen LogP contribution in [0.3, 0.4) is 0 Å². The molecule has 0 saturated carbocycles. The molecule has 0 fully saturated rings. The van der Waals surface area contributed by atoms with E-state index in [4.69, 9.17) is 32.7 Å². The lowest BCUT2D eigenvalue weighted by molar-refractivity contribution is 0.102. The van der Waals surface area contributed by atoms with Crippen LogP contribution in [-0.4, -0.2) is 26.8 Å². The van der Waals surface area contributed by atoms with Gasteiger partial charge in [-0.15, -0.1) is 11.3 Å². The highest BCUT2D eigenvalue weighted by Gasteiger charge is 2.21. The number of anilines is 1. The average Bonchev–Trinajstić information content (AvgIpc) is 2.92. The fourth-order valence-electron chi connectivity index (χ4n) is 1.98. The van der Waals surface area contributed by atoms with Crippen LogP contribution in [0.25, 0.3) is 0 Å². The summed E-state index contributed by atoms with van der Waals surface area (Å²) in [5.41, 5.74) is 1.15. The third kappa shape index (κ3) is 3.29. The maximum Gasteiger partial charge on any atom is 0.258 e. The summed E-state index contributed by atoms with van der Waals surface area (Å²) in [6, 6.07) is 1.55. The van der Waals surface area contributed by atoms with Gasteiger partial charge in [-0.05, 0) is 13.6 Å². The highest BCUT2D eigenvalue weighted by molar-refractivity contribution is 7.10. The second kappa shape index (κ2) is 7.21. The highest BCUT2D eigenvalue weighted by atomic mass is 35.5. The van der Waals surface area contributed by atoms with Crippen molar-refractivity contribution >= 4 is 58.5 Å². The summed E-state index contributed by atoms with van der Waals surface area (Å²) in [6.45, 7) is 5.35. The van der Waals surface area contributed by atoms with Crippen LogP contribution in [0.15, 0.2) is 16.4 Å². The van der Waals surface area contributed by atoms with Crippen molar-refractivity contribution < 1.29 is 14.3 Å². The SMILES string of the molecule is C=Nc1c(C(=O)Nc2c(Cl)c(OC)cc(OC)c2Cl)csc1C. The number of methoxy groups -OCH3 is 2. The van der Waals surface area contributed by atoms with Gasteiger partial charge in [-0.25, -0.2) is 0 Å². The number of aryl methyl sites for hydroxylation is 1. The molecule has 0 aliphatic rings. The first-order chi connectivity index (χ1) is 10.9. The normalized spacial score (nSPS) is 10.3. The molecule has 0 unspecified atom stereocenters. The first-order valence-electron chi connectivity index (χ1n) is 6.40. The molecule has 122 valence electrons. The molecule has 1 aromatic carbocycles. The lowest BCUT2D eigenvalue weighted by Gasteiger charge is -2.15. The third-order valence-electron chi connectivity index (χ3n) is 3.16. The molecule has 0 spiro atoms. The van der Waals surface area contributed by atoms with Crippen molar-refractivity contribution in [3.8, 4) is 11.5 Å². The minimum absolute atomic E-state index is 0.187. The number of carbonyl (C=O) groups excluding carboxylic acids is 1. The summed E-state index contributed by atoms with van der Waals surface area (Å²) in [6.07, 6.45) is 0. The molecule has 23 heavy (non-hydrogen) atoms. The highest BCUT2D eigenvalue weighted by Crippen LogP contribution is 2.44. The molecule has 0 radical (unpaired) electrons. The summed E-state index contributed by atoms with van der Waals surface area (Å²) in [5, 5.41) is 4.76. The van der Waals surface area contributed by atoms with Gasteiger partial charge in [0.2, 0.25) is 0 Å². The summed E-state index contributed by atoms with van der Waals surface area (Å²) in [5.74, 6) is 0.287. The Bertz CT molecular complexity index is 746. The van der Waals surface area contributed by atoms with Gasteiger partial charge in [-0.2, -0.15) is 0 Å². The molecule has 1 N–H and O–H groups in total. The Kier molecular flexibility index (Phi) is 5.51. The predicted molar refractivity (Wildman–Crippen MR) is 95.8 cm³/mol. The van der Waals surface area contributed by atoms with E-state index in [2.05, 4.69) is 17.0 Å². The van der Waals surface area contributed by atoms with Crippen molar-refractivity contribution in [2.75, 3.05) is 19.5 Å². The van der Waals surface area contributed by atoms with E-state index in [0.717, 1.165) is 4.88 Å². The number of halogens is 2. The van der Waals surface area contributed by atoms with Crippen LogP contribution in [0.1, 0.15) is 15.2 Å². The molecule has 8 heteroatoms. The molecule has 0 aliphatic heterocycles. The van der Waals surface area contributed by atoms with Gasteiger partial charge in [0.1, 0.15) is 21.5 Å². The Hall–Kier alpha value is -1.76. The van der Waals surface area contributed by atoms with E-state index in [-0.39, 0.29) is 15.7 Å². The number of amides is 1.